The van der Waals surface area contributed by atoms with Crippen LogP contribution in [0.1, 0.15) is 43.9 Å². The second kappa shape index (κ2) is 4.41. The molecule has 1 aliphatic heterocycles. The molecule has 4 rings (SSSR count). The van der Waals surface area contributed by atoms with Crippen LogP contribution < -0.4 is 0 Å². The molecule has 104 valence electrons. The summed E-state index contributed by atoms with van der Waals surface area (Å²) in [6, 6.07) is 1.96. The summed E-state index contributed by atoms with van der Waals surface area (Å²) >= 11 is 1.59. The van der Waals surface area contributed by atoms with E-state index in [0.717, 1.165) is 31.2 Å². The summed E-state index contributed by atoms with van der Waals surface area (Å²) in [5.74, 6) is 0.900. The van der Waals surface area contributed by atoms with Crippen LogP contribution in [0, 0.1) is 0 Å². The van der Waals surface area contributed by atoms with Crippen LogP contribution >= 0.6 is 11.3 Å². The highest BCUT2D eigenvalue weighted by Crippen LogP contribution is 2.50. The lowest BCUT2D eigenvalue weighted by molar-refractivity contribution is -0.148. The number of nitrogens with zero attached hydrogens (tertiary/aromatic N) is 2. The summed E-state index contributed by atoms with van der Waals surface area (Å²) in [5, 5.41) is 8.00. The molecule has 0 radical (unpaired) electrons. The molecule has 1 unspecified atom stereocenters. The summed E-state index contributed by atoms with van der Waals surface area (Å²) in [5.41, 5.74) is 0.561. The van der Waals surface area contributed by atoms with Crippen LogP contribution in [-0.4, -0.2) is 21.7 Å². The zero-order valence-corrected chi connectivity index (χ0v) is 11.7. The monoisotopic (exact) mass is 290 g/mol. The summed E-state index contributed by atoms with van der Waals surface area (Å²) in [6.45, 7) is 0. The number of thiophene rings is 1. The van der Waals surface area contributed by atoms with E-state index < -0.39 is 5.60 Å². The van der Waals surface area contributed by atoms with Gasteiger partial charge < -0.3 is 9.26 Å². The Morgan fingerprint density at radius 3 is 2.95 bits per heavy atom. The number of carbonyl (C=O) groups excluding carboxylic acids is 1. The third kappa shape index (κ3) is 1.78. The van der Waals surface area contributed by atoms with E-state index >= 15 is 0 Å². The number of hydrogen-bond acceptors (Lipinski definition) is 6. The summed E-state index contributed by atoms with van der Waals surface area (Å²) in [4.78, 5) is 16.2. The first kappa shape index (κ1) is 12.1. The van der Waals surface area contributed by atoms with Crippen molar-refractivity contribution in [1.82, 2.24) is 10.1 Å². The fourth-order valence-electron chi connectivity index (χ4n) is 3.31. The van der Waals surface area contributed by atoms with E-state index in [0.29, 0.717) is 18.1 Å². The average Bonchev–Trinajstić information content (AvgIpc) is 3.18. The molecule has 1 aliphatic carbocycles. The smallest absolute Gasteiger partial charge is 0.307 e. The molecule has 2 aromatic rings. The number of hydrogen-bond donors (Lipinski definition) is 0. The molecule has 5 nitrogen and oxygen atoms in total. The zero-order chi connectivity index (χ0) is 13.6. The molecular weight excluding hydrogens is 276 g/mol. The molecule has 6 heteroatoms. The van der Waals surface area contributed by atoms with E-state index in [1.165, 1.54) is 0 Å². The van der Waals surface area contributed by atoms with Gasteiger partial charge in [0.1, 0.15) is 5.60 Å². The largest absolute Gasteiger partial charge is 0.458 e. The zero-order valence-electron chi connectivity index (χ0n) is 10.9. The van der Waals surface area contributed by atoms with Crippen molar-refractivity contribution in [1.29, 1.82) is 0 Å². The molecule has 0 amide bonds. The molecule has 0 N–H and O–H groups in total. The Morgan fingerprint density at radius 1 is 1.35 bits per heavy atom. The Hall–Kier alpha value is -1.69. The predicted molar refractivity (Wildman–Crippen MR) is 72.3 cm³/mol. The molecular formula is C14H14N2O3S. The average molecular weight is 290 g/mol. The first-order valence-corrected chi connectivity index (χ1v) is 7.79. The topological polar surface area (TPSA) is 65.2 Å². The van der Waals surface area contributed by atoms with Gasteiger partial charge in [-0.2, -0.15) is 16.3 Å². The lowest BCUT2D eigenvalue weighted by Crippen LogP contribution is -2.30. The van der Waals surface area contributed by atoms with Crippen molar-refractivity contribution in [2.45, 2.75) is 43.6 Å². The van der Waals surface area contributed by atoms with Crippen LogP contribution in [-0.2, 0) is 9.53 Å². The van der Waals surface area contributed by atoms with Crippen LogP contribution in [0.15, 0.2) is 21.3 Å². The van der Waals surface area contributed by atoms with Crippen molar-refractivity contribution in [3.63, 3.8) is 0 Å². The second-order valence-corrected chi connectivity index (χ2v) is 6.25. The number of esters is 1. The highest BCUT2D eigenvalue weighted by atomic mass is 32.1. The van der Waals surface area contributed by atoms with Crippen molar-refractivity contribution >= 4 is 17.3 Å². The Kier molecular flexibility index (Phi) is 2.66. The van der Waals surface area contributed by atoms with Crippen molar-refractivity contribution in [2.75, 3.05) is 0 Å². The van der Waals surface area contributed by atoms with Gasteiger partial charge in [-0.15, -0.1) is 0 Å². The highest BCUT2D eigenvalue weighted by molar-refractivity contribution is 7.08. The molecule has 3 heterocycles. The van der Waals surface area contributed by atoms with Crippen molar-refractivity contribution in [2.24, 2.45) is 0 Å². The fraction of sp³-hybridized carbons (Fsp3) is 0.500. The first-order chi connectivity index (χ1) is 9.77. The lowest BCUT2D eigenvalue weighted by atomic mass is 9.86. The van der Waals surface area contributed by atoms with Crippen molar-refractivity contribution < 1.29 is 14.1 Å². The molecule has 1 spiro atoms. The summed E-state index contributed by atoms with van der Waals surface area (Å²) in [7, 11) is 0. The molecule has 20 heavy (non-hydrogen) atoms. The van der Waals surface area contributed by atoms with Crippen LogP contribution in [0.3, 0.4) is 0 Å². The number of ether oxygens (including phenoxy) is 1. The third-order valence-electron chi connectivity index (χ3n) is 4.29. The number of rotatable bonds is 2. The molecule has 0 bridgehead atoms. The van der Waals surface area contributed by atoms with Gasteiger partial charge in [-0.1, -0.05) is 5.16 Å². The SMILES string of the molecule is O=C1CC(c2nc(-c3ccsc3)no2)C2(CCCC2)O1. The standard InChI is InChI=1S/C14H14N2O3S/c17-11-7-10(14(18-11)4-1-2-5-14)13-15-12(16-19-13)9-3-6-20-8-9/h3,6,8,10H,1-2,4-5,7H2. The maximum atomic E-state index is 11.7. The normalized spacial score (nSPS) is 24.4. The minimum Gasteiger partial charge on any atom is -0.458 e. The maximum absolute atomic E-state index is 11.7. The van der Waals surface area contributed by atoms with Crippen molar-refractivity contribution in [3.05, 3.63) is 22.7 Å². The fourth-order valence-corrected chi connectivity index (χ4v) is 3.95. The summed E-state index contributed by atoms with van der Waals surface area (Å²) < 4.78 is 11.0. The van der Waals surface area contributed by atoms with Gasteiger partial charge in [0, 0.05) is 10.9 Å². The van der Waals surface area contributed by atoms with Gasteiger partial charge in [0.05, 0.1) is 12.3 Å². The Labute approximate surface area is 119 Å². The van der Waals surface area contributed by atoms with Gasteiger partial charge in [-0.25, -0.2) is 0 Å². The van der Waals surface area contributed by atoms with E-state index in [1.54, 1.807) is 11.3 Å². The molecule has 1 saturated heterocycles. The molecule has 2 aliphatic rings. The van der Waals surface area contributed by atoms with Crippen LogP contribution in [0.25, 0.3) is 11.4 Å². The second-order valence-electron chi connectivity index (χ2n) is 5.47. The van der Waals surface area contributed by atoms with Gasteiger partial charge in [0.25, 0.3) is 0 Å². The van der Waals surface area contributed by atoms with Gasteiger partial charge in [0.15, 0.2) is 0 Å². The van der Waals surface area contributed by atoms with E-state index in [9.17, 15) is 4.79 Å². The first-order valence-electron chi connectivity index (χ1n) is 6.85. The summed E-state index contributed by atoms with van der Waals surface area (Å²) in [6.07, 6.45) is 4.34. The van der Waals surface area contributed by atoms with Crippen molar-refractivity contribution in [3.8, 4) is 11.4 Å². The highest BCUT2D eigenvalue weighted by Gasteiger charge is 2.53. The van der Waals surface area contributed by atoms with Crippen LogP contribution in [0.5, 0.6) is 0 Å². The Morgan fingerprint density at radius 2 is 2.20 bits per heavy atom. The van der Waals surface area contributed by atoms with Gasteiger partial charge in [-0.3, -0.25) is 4.79 Å². The van der Waals surface area contributed by atoms with Crippen LogP contribution in [0.4, 0.5) is 0 Å². The van der Waals surface area contributed by atoms with Crippen LogP contribution in [0.2, 0.25) is 0 Å². The molecule has 1 saturated carbocycles. The minimum absolute atomic E-state index is 0.0858. The van der Waals surface area contributed by atoms with E-state index in [2.05, 4.69) is 10.1 Å². The molecule has 0 aromatic carbocycles. The van der Waals surface area contributed by atoms with Gasteiger partial charge in [0.2, 0.25) is 11.7 Å². The third-order valence-corrected chi connectivity index (χ3v) is 4.98. The predicted octanol–water partition coefficient (Wildman–Crippen LogP) is 3.14. The number of carbonyl (C=O) groups is 1. The number of aromatic nitrogens is 2. The Bertz CT molecular complexity index is 629. The van der Waals surface area contributed by atoms with Gasteiger partial charge in [-0.05, 0) is 37.1 Å². The lowest BCUT2D eigenvalue weighted by Gasteiger charge is -2.26. The van der Waals surface area contributed by atoms with Gasteiger partial charge >= 0.3 is 5.97 Å². The van der Waals surface area contributed by atoms with E-state index in [4.69, 9.17) is 9.26 Å². The minimum atomic E-state index is -0.393. The molecule has 2 aromatic heterocycles. The Balaban J connectivity index is 1.68. The maximum Gasteiger partial charge on any atom is 0.307 e. The quantitative estimate of drug-likeness (QED) is 0.795. The van der Waals surface area contributed by atoms with E-state index in [-0.39, 0.29) is 11.9 Å². The molecule has 2 fully saturated rings. The molecule has 1 atom stereocenters. The van der Waals surface area contributed by atoms with E-state index in [1.807, 2.05) is 16.8 Å².